The van der Waals surface area contributed by atoms with Gasteiger partial charge in [0.05, 0.1) is 0 Å². The van der Waals surface area contributed by atoms with E-state index >= 15 is 0 Å². The van der Waals surface area contributed by atoms with E-state index in [0.29, 0.717) is 16.9 Å². The van der Waals surface area contributed by atoms with E-state index in [2.05, 4.69) is 10.1 Å². The fourth-order valence-corrected chi connectivity index (χ4v) is 2.83. The molecule has 0 saturated heterocycles. The Bertz CT molecular complexity index is 909. The second-order valence-electron chi connectivity index (χ2n) is 6.25. The summed E-state index contributed by atoms with van der Waals surface area (Å²) in [7, 11) is 0. The first-order valence-corrected chi connectivity index (χ1v) is 8.60. The Hall–Kier alpha value is -3.43. The molecule has 0 radical (unpaired) electrons. The molecular weight excluding hydrogens is 388 g/mol. The van der Waals surface area contributed by atoms with E-state index in [1.54, 1.807) is 36.6 Å². The Morgan fingerprint density at radius 2 is 1.79 bits per heavy atom. The number of alkyl halides is 2. The highest BCUT2D eigenvalue weighted by atomic mass is 19.3. The number of carbonyl (C=O) groups excluding carboxylic acids is 3. The molecule has 10 heteroatoms. The van der Waals surface area contributed by atoms with Gasteiger partial charge in [-0.2, -0.15) is 8.78 Å². The fraction of sp³-hybridized carbons (Fsp3) is 0.316. The molecule has 29 heavy (non-hydrogen) atoms. The second kappa shape index (κ2) is 9.18. The summed E-state index contributed by atoms with van der Waals surface area (Å²) in [5.74, 6) is -1.20. The van der Waals surface area contributed by atoms with Crippen LogP contribution in [0.3, 0.4) is 0 Å². The molecule has 0 saturated carbocycles. The van der Waals surface area contributed by atoms with Crippen LogP contribution >= 0.6 is 0 Å². The van der Waals surface area contributed by atoms with E-state index in [1.165, 1.54) is 19.1 Å². The lowest BCUT2D eigenvalue weighted by Gasteiger charge is -2.12. The molecule has 1 aromatic heterocycles. The van der Waals surface area contributed by atoms with Gasteiger partial charge in [0.1, 0.15) is 11.8 Å². The number of ketones is 1. The lowest BCUT2D eigenvalue weighted by atomic mass is 10.1. The molecular formula is C19H21F2N3O5. The molecule has 1 aromatic carbocycles. The van der Waals surface area contributed by atoms with E-state index in [0.717, 1.165) is 5.69 Å². The zero-order valence-corrected chi connectivity index (χ0v) is 16.1. The Labute approximate surface area is 165 Å². The summed E-state index contributed by atoms with van der Waals surface area (Å²) >= 11 is 0. The van der Waals surface area contributed by atoms with Gasteiger partial charge in [-0.3, -0.25) is 4.79 Å². The average Bonchev–Trinajstić information content (AvgIpc) is 2.93. The van der Waals surface area contributed by atoms with E-state index in [9.17, 15) is 23.2 Å². The number of primary amides is 1. The van der Waals surface area contributed by atoms with Gasteiger partial charge in [-0.25, -0.2) is 9.59 Å². The molecule has 3 N–H and O–H groups in total. The normalized spacial score (nSPS) is 11.8. The summed E-state index contributed by atoms with van der Waals surface area (Å²) in [6, 6.07) is 5.75. The molecule has 1 heterocycles. The maximum absolute atomic E-state index is 12.5. The molecule has 0 spiro atoms. The summed E-state index contributed by atoms with van der Waals surface area (Å²) in [4.78, 5) is 35.0. The lowest BCUT2D eigenvalue weighted by Crippen LogP contribution is -2.42. The number of nitrogens with one attached hydrogen (secondary N) is 1. The van der Waals surface area contributed by atoms with Gasteiger partial charge in [0.2, 0.25) is 5.78 Å². The van der Waals surface area contributed by atoms with Crippen molar-refractivity contribution in [1.29, 1.82) is 0 Å². The Morgan fingerprint density at radius 1 is 1.17 bits per heavy atom. The zero-order chi connectivity index (χ0) is 21.7. The highest BCUT2D eigenvalue weighted by Gasteiger charge is 2.21. The van der Waals surface area contributed by atoms with Crippen molar-refractivity contribution in [3.63, 3.8) is 0 Å². The van der Waals surface area contributed by atoms with E-state index in [-0.39, 0.29) is 5.75 Å². The summed E-state index contributed by atoms with van der Waals surface area (Å²) < 4.78 is 35.6. The van der Waals surface area contributed by atoms with Gasteiger partial charge in [0.25, 0.3) is 0 Å². The summed E-state index contributed by atoms with van der Waals surface area (Å²) in [6.45, 7) is 1.45. The number of hydrogen-bond donors (Lipinski definition) is 2. The number of Topliss-reactive ketones (excluding diaryl/α,β-unsaturated/α-hetero) is 1. The Balaban J connectivity index is 2.13. The van der Waals surface area contributed by atoms with Gasteiger partial charge in [-0.15, -0.1) is 0 Å². The van der Waals surface area contributed by atoms with Crippen LogP contribution in [0, 0.1) is 13.8 Å². The van der Waals surface area contributed by atoms with Crippen LogP contribution in [0.1, 0.15) is 28.7 Å². The number of aryl methyl sites for hydroxylation is 1. The third-order valence-electron chi connectivity index (χ3n) is 4.11. The van der Waals surface area contributed by atoms with Crippen LogP contribution in [0.4, 0.5) is 13.6 Å². The van der Waals surface area contributed by atoms with Gasteiger partial charge < -0.3 is 25.1 Å². The first-order chi connectivity index (χ1) is 13.6. The molecule has 8 nitrogen and oxygen atoms in total. The number of benzene rings is 1. The van der Waals surface area contributed by atoms with Crippen molar-refractivity contribution in [3.8, 4) is 11.4 Å². The highest BCUT2D eigenvalue weighted by molar-refractivity contribution is 5.99. The fourth-order valence-electron chi connectivity index (χ4n) is 2.83. The Kier molecular flexibility index (Phi) is 6.92. The standard InChI is InChI=1S/C19H21F2N3O5/c1-10-8-15(16(25)9-28-17(26)11(2)23-19(22)27)12(3)24(10)13-4-6-14(7-5-13)29-18(20)21/h4-8,11,18H,9H2,1-3H3,(H3,22,23,27). The molecule has 0 aliphatic rings. The first-order valence-electron chi connectivity index (χ1n) is 8.60. The average molecular weight is 409 g/mol. The first kappa shape index (κ1) is 21.9. The number of urea groups is 1. The van der Waals surface area contributed by atoms with Gasteiger partial charge in [-0.05, 0) is 51.1 Å². The third-order valence-corrected chi connectivity index (χ3v) is 4.11. The van der Waals surface area contributed by atoms with Crippen molar-refractivity contribution >= 4 is 17.8 Å². The monoisotopic (exact) mass is 409 g/mol. The van der Waals surface area contributed by atoms with Crippen LogP contribution in [0.15, 0.2) is 30.3 Å². The summed E-state index contributed by atoms with van der Waals surface area (Å²) in [5.41, 5.74) is 7.25. The molecule has 1 atom stereocenters. The molecule has 1 unspecified atom stereocenters. The molecule has 156 valence electrons. The van der Waals surface area contributed by atoms with Crippen LogP contribution in [-0.4, -0.2) is 41.6 Å². The number of nitrogens with zero attached hydrogens (tertiary/aromatic N) is 1. The van der Waals surface area contributed by atoms with Crippen LogP contribution in [-0.2, 0) is 9.53 Å². The number of esters is 1. The largest absolute Gasteiger partial charge is 0.456 e. The summed E-state index contributed by atoms with van der Waals surface area (Å²) in [5, 5.41) is 2.16. The van der Waals surface area contributed by atoms with Gasteiger partial charge in [0, 0.05) is 22.6 Å². The highest BCUT2D eigenvalue weighted by Crippen LogP contribution is 2.24. The third kappa shape index (κ3) is 5.53. The molecule has 0 bridgehead atoms. The maximum Gasteiger partial charge on any atom is 0.387 e. The predicted molar refractivity (Wildman–Crippen MR) is 99.3 cm³/mol. The zero-order valence-electron chi connectivity index (χ0n) is 16.1. The quantitative estimate of drug-likeness (QED) is 0.514. The van der Waals surface area contributed by atoms with Crippen LogP contribution in [0.5, 0.6) is 5.75 Å². The number of carbonyl (C=O) groups is 3. The van der Waals surface area contributed by atoms with Crippen molar-refractivity contribution in [2.75, 3.05) is 6.61 Å². The predicted octanol–water partition coefficient (Wildman–Crippen LogP) is 2.48. The van der Waals surface area contributed by atoms with Crippen molar-refractivity contribution in [1.82, 2.24) is 9.88 Å². The Morgan fingerprint density at radius 3 is 2.34 bits per heavy atom. The van der Waals surface area contributed by atoms with E-state index in [4.69, 9.17) is 10.5 Å². The van der Waals surface area contributed by atoms with Crippen LogP contribution in [0.25, 0.3) is 5.69 Å². The van der Waals surface area contributed by atoms with Gasteiger partial charge in [-0.1, -0.05) is 0 Å². The van der Waals surface area contributed by atoms with Gasteiger partial charge in [0.15, 0.2) is 6.61 Å². The van der Waals surface area contributed by atoms with E-state index in [1.807, 2.05) is 0 Å². The van der Waals surface area contributed by atoms with Crippen molar-refractivity contribution in [3.05, 3.63) is 47.3 Å². The summed E-state index contributed by atoms with van der Waals surface area (Å²) in [6.07, 6.45) is 0. The molecule has 0 aliphatic carbocycles. The molecule has 0 fully saturated rings. The second-order valence-corrected chi connectivity index (χ2v) is 6.25. The molecule has 2 rings (SSSR count). The number of ether oxygens (including phenoxy) is 2. The van der Waals surface area contributed by atoms with Crippen molar-refractivity contribution < 1.29 is 32.6 Å². The molecule has 2 amide bonds. The number of halogens is 2. The number of aromatic nitrogens is 1. The van der Waals surface area contributed by atoms with Gasteiger partial charge >= 0.3 is 18.6 Å². The van der Waals surface area contributed by atoms with E-state index < -0.39 is 37.0 Å². The minimum Gasteiger partial charge on any atom is -0.456 e. The number of nitrogens with two attached hydrogens (primary N) is 1. The smallest absolute Gasteiger partial charge is 0.387 e. The minimum atomic E-state index is -2.91. The number of rotatable bonds is 8. The van der Waals surface area contributed by atoms with Crippen LogP contribution in [0.2, 0.25) is 0 Å². The van der Waals surface area contributed by atoms with Crippen LogP contribution < -0.4 is 15.8 Å². The number of amides is 2. The minimum absolute atomic E-state index is 0.0214. The lowest BCUT2D eigenvalue weighted by molar-refractivity contribution is -0.144. The number of hydrogen-bond acceptors (Lipinski definition) is 5. The topological polar surface area (TPSA) is 113 Å². The SMILES string of the molecule is Cc1cc(C(=O)COC(=O)C(C)NC(N)=O)c(C)n1-c1ccc(OC(F)F)cc1. The molecule has 2 aromatic rings. The van der Waals surface area contributed by atoms with Crippen molar-refractivity contribution in [2.24, 2.45) is 5.73 Å². The maximum atomic E-state index is 12.5. The molecule has 0 aliphatic heterocycles. The van der Waals surface area contributed by atoms with Crippen molar-refractivity contribution in [2.45, 2.75) is 33.4 Å².